The summed E-state index contributed by atoms with van der Waals surface area (Å²) in [5, 5.41) is 1.05. The van der Waals surface area contributed by atoms with Crippen molar-refractivity contribution in [1.29, 1.82) is 0 Å². The van der Waals surface area contributed by atoms with Gasteiger partial charge in [-0.1, -0.05) is 13.8 Å². The van der Waals surface area contributed by atoms with Crippen molar-refractivity contribution in [2.24, 2.45) is 0 Å². The lowest BCUT2D eigenvalue weighted by Gasteiger charge is -1.98. The average Bonchev–Trinajstić information content (AvgIpc) is 2.73. The molecule has 0 atom stereocenters. The fraction of sp³-hybridized carbons (Fsp3) is 0.417. The summed E-state index contributed by atoms with van der Waals surface area (Å²) in [6, 6.07) is 2.11. The first-order chi connectivity index (χ1) is 7.74. The summed E-state index contributed by atoms with van der Waals surface area (Å²) in [4.78, 5) is 22.2. The normalized spacial score (nSPS) is 10.9. The maximum absolute atomic E-state index is 11.4. The lowest BCUT2D eigenvalue weighted by Crippen LogP contribution is -2.02. The van der Waals surface area contributed by atoms with Crippen LogP contribution in [0.4, 0.5) is 0 Å². The van der Waals surface area contributed by atoms with Gasteiger partial charge in [0.1, 0.15) is 16.9 Å². The van der Waals surface area contributed by atoms with Gasteiger partial charge >= 0.3 is 0 Å². The van der Waals surface area contributed by atoms with Crippen LogP contribution in [0.5, 0.6) is 0 Å². The highest BCUT2D eigenvalue weighted by Gasteiger charge is 2.10. The van der Waals surface area contributed by atoms with Gasteiger partial charge in [0.25, 0.3) is 0 Å². The summed E-state index contributed by atoms with van der Waals surface area (Å²) in [6.07, 6.45) is 3.55. The van der Waals surface area contributed by atoms with E-state index in [0.29, 0.717) is 12.8 Å². The lowest BCUT2D eigenvalue weighted by molar-refractivity contribution is -0.118. The number of carbonyl (C=O) groups excluding carboxylic acids is 1. The van der Waals surface area contributed by atoms with Crippen LogP contribution in [-0.2, 0) is 17.6 Å². The molecule has 2 aromatic heterocycles. The van der Waals surface area contributed by atoms with Crippen LogP contribution in [-0.4, -0.2) is 15.8 Å². The fourth-order valence-electron chi connectivity index (χ4n) is 1.58. The van der Waals surface area contributed by atoms with E-state index >= 15 is 0 Å². The van der Waals surface area contributed by atoms with E-state index in [1.807, 2.05) is 6.92 Å². The van der Waals surface area contributed by atoms with Gasteiger partial charge < -0.3 is 0 Å². The Morgan fingerprint density at radius 1 is 1.38 bits per heavy atom. The summed E-state index contributed by atoms with van der Waals surface area (Å²) in [5.74, 6) is 0.226. The molecule has 4 heteroatoms. The number of nitrogens with zero attached hydrogens (tertiary/aromatic N) is 2. The minimum Gasteiger partial charge on any atom is -0.299 e. The molecule has 0 saturated heterocycles. The zero-order valence-electron chi connectivity index (χ0n) is 9.49. The molecule has 0 saturated carbocycles. The number of hydrogen-bond donors (Lipinski definition) is 0. The van der Waals surface area contributed by atoms with Crippen LogP contribution < -0.4 is 0 Å². The SMILES string of the molecule is CCC(=O)Cc1ncnc2sc(CC)cc12. The van der Waals surface area contributed by atoms with Crippen molar-refractivity contribution < 1.29 is 4.79 Å². The van der Waals surface area contributed by atoms with Crippen molar-refractivity contribution in [3.05, 3.63) is 23.0 Å². The van der Waals surface area contributed by atoms with E-state index in [4.69, 9.17) is 0 Å². The van der Waals surface area contributed by atoms with Crippen LogP contribution in [0.3, 0.4) is 0 Å². The van der Waals surface area contributed by atoms with Gasteiger partial charge in [-0.05, 0) is 12.5 Å². The molecule has 84 valence electrons. The zero-order valence-corrected chi connectivity index (χ0v) is 10.3. The van der Waals surface area contributed by atoms with E-state index in [1.165, 1.54) is 4.88 Å². The first-order valence-electron chi connectivity index (χ1n) is 5.48. The highest BCUT2D eigenvalue weighted by Crippen LogP contribution is 2.26. The number of Topliss-reactive ketones (excluding diaryl/α,β-unsaturated/α-hetero) is 1. The third kappa shape index (κ3) is 2.11. The molecular weight excluding hydrogens is 220 g/mol. The Bertz CT molecular complexity index is 519. The van der Waals surface area contributed by atoms with Crippen LogP contribution in [0.25, 0.3) is 10.2 Å². The average molecular weight is 234 g/mol. The van der Waals surface area contributed by atoms with Gasteiger partial charge in [0.05, 0.1) is 5.69 Å². The van der Waals surface area contributed by atoms with Gasteiger partial charge in [0.15, 0.2) is 0 Å². The smallest absolute Gasteiger partial charge is 0.138 e. The first kappa shape index (κ1) is 11.2. The van der Waals surface area contributed by atoms with Crippen molar-refractivity contribution in [3.63, 3.8) is 0 Å². The predicted molar refractivity (Wildman–Crippen MR) is 65.8 cm³/mol. The van der Waals surface area contributed by atoms with Crippen LogP contribution in [0.2, 0.25) is 0 Å². The molecule has 2 heterocycles. The quantitative estimate of drug-likeness (QED) is 0.817. The monoisotopic (exact) mass is 234 g/mol. The molecule has 0 N–H and O–H groups in total. The number of hydrogen-bond acceptors (Lipinski definition) is 4. The molecule has 0 aliphatic rings. The van der Waals surface area contributed by atoms with Gasteiger partial charge in [-0.25, -0.2) is 9.97 Å². The molecule has 0 spiro atoms. The second-order valence-corrected chi connectivity index (χ2v) is 4.79. The van der Waals surface area contributed by atoms with Crippen LogP contribution in [0.15, 0.2) is 12.4 Å². The molecule has 0 bridgehead atoms. The molecular formula is C12H14N2OS. The highest BCUT2D eigenvalue weighted by atomic mass is 32.1. The lowest BCUT2D eigenvalue weighted by atomic mass is 10.1. The minimum atomic E-state index is 0.226. The molecule has 16 heavy (non-hydrogen) atoms. The summed E-state index contributed by atoms with van der Waals surface area (Å²) < 4.78 is 0. The highest BCUT2D eigenvalue weighted by molar-refractivity contribution is 7.18. The Kier molecular flexibility index (Phi) is 3.29. The largest absolute Gasteiger partial charge is 0.299 e. The van der Waals surface area contributed by atoms with Crippen molar-refractivity contribution in [1.82, 2.24) is 9.97 Å². The Hall–Kier alpha value is -1.29. The van der Waals surface area contributed by atoms with E-state index in [9.17, 15) is 4.79 Å². The van der Waals surface area contributed by atoms with E-state index < -0.39 is 0 Å². The third-order valence-corrected chi connectivity index (χ3v) is 3.76. The Balaban J connectivity index is 2.44. The summed E-state index contributed by atoms with van der Waals surface area (Å²) in [7, 11) is 0. The van der Waals surface area contributed by atoms with Gasteiger partial charge in [-0.2, -0.15) is 0 Å². The molecule has 0 fully saturated rings. The van der Waals surface area contributed by atoms with Crippen LogP contribution in [0, 0.1) is 0 Å². The molecule has 2 aromatic rings. The number of aromatic nitrogens is 2. The van der Waals surface area contributed by atoms with Gasteiger partial charge in [0, 0.05) is 23.1 Å². The van der Waals surface area contributed by atoms with Crippen molar-refractivity contribution in [2.45, 2.75) is 33.1 Å². The number of aryl methyl sites for hydroxylation is 1. The number of ketones is 1. The van der Waals surface area contributed by atoms with Crippen molar-refractivity contribution >= 4 is 27.3 Å². The van der Waals surface area contributed by atoms with Crippen molar-refractivity contribution in [3.8, 4) is 0 Å². The Morgan fingerprint density at radius 3 is 2.88 bits per heavy atom. The predicted octanol–water partition coefficient (Wildman–Crippen LogP) is 2.78. The maximum atomic E-state index is 11.4. The molecule has 2 rings (SSSR count). The zero-order chi connectivity index (χ0) is 11.5. The molecule has 3 nitrogen and oxygen atoms in total. The molecule has 0 unspecified atom stereocenters. The first-order valence-corrected chi connectivity index (χ1v) is 6.30. The number of thiophene rings is 1. The fourth-order valence-corrected chi connectivity index (χ4v) is 2.54. The standard InChI is InChI=1S/C12H14N2OS/c1-3-8(15)5-11-10-6-9(4-2)16-12(10)14-7-13-11/h6-7H,3-5H2,1-2H3. The Morgan fingerprint density at radius 2 is 2.19 bits per heavy atom. The molecule has 0 aliphatic heterocycles. The summed E-state index contributed by atoms with van der Waals surface area (Å²) >= 11 is 1.68. The second-order valence-electron chi connectivity index (χ2n) is 3.67. The topological polar surface area (TPSA) is 42.9 Å². The molecule has 0 amide bonds. The minimum absolute atomic E-state index is 0.226. The summed E-state index contributed by atoms with van der Waals surface area (Å²) in [6.45, 7) is 4.00. The number of rotatable bonds is 4. The van der Waals surface area contributed by atoms with Gasteiger partial charge in [-0.15, -0.1) is 11.3 Å². The van der Waals surface area contributed by atoms with Crippen LogP contribution in [0.1, 0.15) is 30.8 Å². The van der Waals surface area contributed by atoms with Crippen LogP contribution >= 0.6 is 11.3 Å². The molecule has 0 aromatic carbocycles. The molecule has 0 radical (unpaired) electrons. The maximum Gasteiger partial charge on any atom is 0.138 e. The van der Waals surface area contributed by atoms with Crippen molar-refractivity contribution in [2.75, 3.05) is 0 Å². The van der Waals surface area contributed by atoms with Gasteiger partial charge in [0.2, 0.25) is 0 Å². The van der Waals surface area contributed by atoms with Gasteiger partial charge in [-0.3, -0.25) is 4.79 Å². The van der Waals surface area contributed by atoms with E-state index in [-0.39, 0.29) is 5.78 Å². The molecule has 0 aliphatic carbocycles. The van der Waals surface area contributed by atoms with E-state index in [1.54, 1.807) is 17.7 Å². The van der Waals surface area contributed by atoms with E-state index in [0.717, 1.165) is 22.3 Å². The third-order valence-electron chi connectivity index (χ3n) is 2.57. The summed E-state index contributed by atoms with van der Waals surface area (Å²) in [5.41, 5.74) is 0.868. The number of fused-ring (bicyclic) bond motifs is 1. The number of carbonyl (C=O) groups is 1. The Labute approximate surface area is 98.5 Å². The second kappa shape index (κ2) is 4.70. The van der Waals surface area contributed by atoms with E-state index in [2.05, 4.69) is 23.0 Å².